The van der Waals surface area contributed by atoms with Gasteiger partial charge in [-0.2, -0.15) is 0 Å². The molecule has 3 aliphatic rings. The number of nitrogens with zero attached hydrogens (tertiary/aromatic N) is 4. The molecule has 0 bridgehead atoms. The SMILES string of the molecule is CC(C)c1cccc(C(C)C)c1B1c2ccccc2N(c2ccccc2)c2cc3c(cc21)B1c2cc4sc5ccccc5c4cc2N(c2ccccc2)c2cc(N(c4ccccc4)c4ccccc4)cc(c21)N3c1ccccc1. The van der Waals surface area contributed by atoms with Gasteiger partial charge in [0.05, 0.1) is 5.69 Å². The van der Waals surface area contributed by atoms with Crippen LogP contribution in [0.2, 0.25) is 0 Å². The minimum atomic E-state index is -0.140. The summed E-state index contributed by atoms with van der Waals surface area (Å²) in [6.45, 7) is 9.30. The molecule has 376 valence electrons. The van der Waals surface area contributed by atoms with Crippen LogP contribution in [0.1, 0.15) is 50.7 Å². The van der Waals surface area contributed by atoms with Gasteiger partial charge in [0.2, 0.25) is 6.71 Å². The average Bonchev–Trinajstić information content (AvgIpc) is 3.97. The number of hydrogen-bond acceptors (Lipinski definition) is 5. The smallest absolute Gasteiger partial charge is 0.252 e. The first kappa shape index (κ1) is 47.2. The second-order valence-electron chi connectivity index (χ2n) is 22.0. The summed E-state index contributed by atoms with van der Waals surface area (Å²) in [4.78, 5) is 10.1. The van der Waals surface area contributed by atoms with E-state index in [4.69, 9.17) is 0 Å². The molecule has 0 spiro atoms. The van der Waals surface area contributed by atoms with Gasteiger partial charge in [-0.05, 0) is 153 Å². The third-order valence-corrected chi connectivity index (χ3v) is 17.9. The molecule has 0 saturated heterocycles. The molecule has 11 aromatic carbocycles. The number of hydrogen-bond donors (Lipinski definition) is 0. The minimum Gasteiger partial charge on any atom is -0.311 e. The van der Waals surface area contributed by atoms with Gasteiger partial charge in [0.1, 0.15) is 0 Å². The third kappa shape index (κ3) is 7.51. The molecule has 0 radical (unpaired) electrons. The van der Waals surface area contributed by atoms with Crippen molar-refractivity contribution in [2.45, 2.75) is 39.5 Å². The zero-order valence-corrected chi connectivity index (χ0v) is 45.6. The molecule has 4 heterocycles. The molecule has 0 N–H and O–H groups in total. The Hall–Kier alpha value is -9.03. The highest BCUT2D eigenvalue weighted by Crippen LogP contribution is 2.50. The fourth-order valence-electron chi connectivity index (χ4n) is 13.5. The molecule has 0 unspecified atom stereocenters. The number of para-hydroxylation sites is 6. The van der Waals surface area contributed by atoms with Gasteiger partial charge in [-0.3, -0.25) is 0 Å². The predicted octanol–water partition coefficient (Wildman–Crippen LogP) is 16.2. The summed E-state index contributed by atoms with van der Waals surface area (Å²) in [6.07, 6.45) is 0. The van der Waals surface area contributed by atoms with Crippen molar-refractivity contribution in [3.8, 4) is 0 Å². The van der Waals surface area contributed by atoms with Crippen molar-refractivity contribution in [2.75, 3.05) is 19.6 Å². The van der Waals surface area contributed by atoms with Gasteiger partial charge < -0.3 is 19.6 Å². The summed E-state index contributed by atoms with van der Waals surface area (Å²) in [5, 5.41) is 2.57. The summed E-state index contributed by atoms with van der Waals surface area (Å²) in [6, 6.07) is 95.5. The van der Waals surface area contributed by atoms with E-state index in [-0.39, 0.29) is 13.4 Å². The predicted molar refractivity (Wildman–Crippen MR) is 342 cm³/mol. The minimum absolute atomic E-state index is 0.0415. The van der Waals surface area contributed by atoms with Crippen molar-refractivity contribution in [3.05, 3.63) is 266 Å². The maximum atomic E-state index is 2.67. The largest absolute Gasteiger partial charge is 0.311 e. The fraction of sp³-hybridized carbons (Fsp3) is 0.0833. The van der Waals surface area contributed by atoms with E-state index in [1.165, 1.54) is 86.8 Å². The molecule has 4 nitrogen and oxygen atoms in total. The highest BCUT2D eigenvalue weighted by molar-refractivity contribution is 7.26. The zero-order chi connectivity index (χ0) is 52.9. The summed E-state index contributed by atoms with van der Waals surface area (Å²) < 4.78 is 2.60. The zero-order valence-electron chi connectivity index (χ0n) is 44.8. The van der Waals surface area contributed by atoms with Crippen LogP contribution in [0.25, 0.3) is 20.2 Å². The Balaban J connectivity index is 1.11. The van der Waals surface area contributed by atoms with Gasteiger partial charge in [0.15, 0.2) is 0 Å². The fourth-order valence-corrected chi connectivity index (χ4v) is 14.6. The molecule has 0 atom stereocenters. The molecule has 15 rings (SSSR count). The van der Waals surface area contributed by atoms with Crippen LogP contribution in [-0.4, -0.2) is 13.4 Å². The second-order valence-corrected chi connectivity index (χ2v) is 23.1. The lowest BCUT2D eigenvalue weighted by Crippen LogP contribution is -2.64. The van der Waals surface area contributed by atoms with Crippen molar-refractivity contribution < 1.29 is 0 Å². The number of rotatable bonds is 9. The third-order valence-electron chi connectivity index (χ3n) is 16.8. The summed E-state index contributed by atoms with van der Waals surface area (Å²) >= 11 is 1.90. The Morgan fingerprint density at radius 1 is 0.316 bits per heavy atom. The van der Waals surface area contributed by atoms with Crippen LogP contribution in [0.15, 0.2) is 255 Å². The molecule has 1 aromatic heterocycles. The van der Waals surface area contributed by atoms with Crippen LogP contribution in [0.3, 0.4) is 0 Å². The van der Waals surface area contributed by atoms with Gasteiger partial charge in [-0.15, -0.1) is 11.3 Å². The maximum Gasteiger partial charge on any atom is 0.252 e. The maximum absolute atomic E-state index is 2.67. The Labute approximate surface area is 468 Å². The van der Waals surface area contributed by atoms with E-state index >= 15 is 0 Å². The quantitative estimate of drug-likeness (QED) is 0.134. The van der Waals surface area contributed by atoms with Gasteiger partial charge in [-0.25, -0.2) is 0 Å². The summed E-state index contributed by atoms with van der Waals surface area (Å²) in [5.74, 6) is 0.631. The molecule has 0 fully saturated rings. The highest BCUT2D eigenvalue weighted by atomic mass is 32.1. The first-order valence-corrected chi connectivity index (χ1v) is 28.7. The Kier molecular flexibility index (Phi) is 11.3. The van der Waals surface area contributed by atoms with E-state index in [0.717, 1.165) is 45.5 Å². The number of benzene rings is 11. The lowest BCUT2D eigenvalue weighted by Gasteiger charge is -2.46. The van der Waals surface area contributed by atoms with Gasteiger partial charge in [-0.1, -0.05) is 185 Å². The molecule has 79 heavy (non-hydrogen) atoms. The first-order chi connectivity index (χ1) is 38.9. The Morgan fingerprint density at radius 3 is 1.30 bits per heavy atom. The van der Waals surface area contributed by atoms with Crippen molar-refractivity contribution >= 4 is 146 Å². The standard InChI is InChI=1S/C72H56B2N4S/c1-47(2)55-36-24-37-56(48(3)4)71(55)73-59-38-21-22-39-63(59)76(51-29-14-7-15-30-51)65-46-66-61(44-60(65)73)74-62-45-70-58(57-35-20-23-40-69(57)79-70)43-64(62)77(52-31-16-8-17-32-52)67-41-54(42-68(72(67)74)78(66)53-33-18-9-19-34-53)75(49-25-10-5-11-26-49)50-27-12-6-13-28-50/h5-48H,1-4H3. The average molecular weight is 1030 g/mol. The van der Waals surface area contributed by atoms with E-state index < -0.39 is 0 Å². The number of thiophene rings is 1. The van der Waals surface area contributed by atoms with Gasteiger partial charge in [0, 0.05) is 82.7 Å². The van der Waals surface area contributed by atoms with Crippen LogP contribution in [0.5, 0.6) is 0 Å². The van der Waals surface area contributed by atoms with Crippen molar-refractivity contribution in [2.24, 2.45) is 0 Å². The Bertz CT molecular complexity index is 4230. The van der Waals surface area contributed by atoms with Gasteiger partial charge >= 0.3 is 0 Å². The number of anilines is 12. The van der Waals surface area contributed by atoms with Crippen molar-refractivity contribution in [3.63, 3.8) is 0 Å². The van der Waals surface area contributed by atoms with Crippen molar-refractivity contribution in [1.82, 2.24) is 0 Å². The van der Waals surface area contributed by atoms with Gasteiger partial charge in [0.25, 0.3) is 6.71 Å². The normalized spacial score (nSPS) is 13.2. The van der Waals surface area contributed by atoms with Crippen LogP contribution in [-0.2, 0) is 0 Å². The van der Waals surface area contributed by atoms with E-state index in [2.05, 4.69) is 302 Å². The van der Waals surface area contributed by atoms with Crippen LogP contribution >= 0.6 is 11.3 Å². The van der Waals surface area contributed by atoms with Crippen LogP contribution in [0.4, 0.5) is 68.2 Å². The summed E-state index contributed by atoms with van der Waals surface area (Å²) in [5.41, 5.74) is 24.5. The molecule has 0 amide bonds. The summed E-state index contributed by atoms with van der Waals surface area (Å²) in [7, 11) is 0. The molecular weight excluding hydrogens is 975 g/mol. The van der Waals surface area contributed by atoms with Crippen LogP contribution < -0.4 is 52.4 Å². The Morgan fingerprint density at radius 2 is 0.759 bits per heavy atom. The second kappa shape index (κ2) is 18.9. The lowest BCUT2D eigenvalue weighted by molar-refractivity contribution is 0.845. The first-order valence-electron chi connectivity index (χ1n) is 27.9. The molecule has 0 saturated carbocycles. The highest BCUT2D eigenvalue weighted by Gasteiger charge is 2.47. The monoisotopic (exact) mass is 1030 g/mol. The molecule has 0 aliphatic carbocycles. The number of fused-ring (bicyclic) bond motifs is 9. The molecule has 7 heteroatoms. The molecular formula is C72H56B2N4S. The van der Waals surface area contributed by atoms with E-state index in [1.54, 1.807) is 0 Å². The van der Waals surface area contributed by atoms with Crippen LogP contribution in [0, 0.1) is 0 Å². The van der Waals surface area contributed by atoms with E-state index in [9.17, 15) is 0 Å². The topological polar surface area (TPSA) is 13.0 Å². The van der Waals surface area contributed by atoms with E-state index in [0.29, 0.717) is 11.8 Å². The molecule has 3 aliphatic heterocycles. The van der Waals surface area contributed by atoms with E-state index in [1.807, 2.05) is 11.3 Å². The molecule has 12 aromatic rings. The lowest BCUT2D eigenvalue weighted by atomic mass is 9.30. The van der Waals surface area contributed by atoms with Crippen molar-refractivity contribution in [1.29, 1.82) is 0 Å².